The van der Waals surface area contributed by atoms with Gasteiger partial charge in [-0.3, -0.25) is 4.79 Å². The van der Waals surface area contributed by atoms with Crippen molar-refractivity contribution in [3.05, 3.63) is 0 Å². The summed E-state index contributed by atoms with van der Waals surface area (Å²) in [4.78, 5) is 12.9. The van der Waals surface area contributed by atoms with E-state index in [1.807, 2.05) is 0 Å². The molecule has 1 fully saturated rings. The van der Waals surface area contributed by atoms with Gasteiger partial charge in [-0.2, -0.15) is 0 Å². The number of hydrogen-bond donors (Lipinski definition) is 4. The van der Waals surface area contributed by atoms with Crippen molar-refractivity contribution in [3.8, 4) is 0 Å². The molecule has 0 aromatic heterocycles. The van der Waals surface area contributed by atoms with E-state index in [1.54, 1.807) is 0 Å². The second-order valence-electron chi connectivity index (χ2n) is 20.1. The van der Waals surface area contributed by atoms with Crippen LogP contribution in [0.1, 0.15) is 290 Å². The normalized spacial score (nSPS) is 19.3. The topological polar surface area (TPSA) is 135 Å². The minimum Gasteiger partial charge on any atom is -0.457 e. The summed E-state index contributed by atoms with van der Waals surface area (Å²) in [7, 11) is 0. The summed E-state index contributed by atoms with van der Waals surface area (Å²) in [5.74, 6) is -0.303. The van der Waals surface area contributed by atoms with Gasteiger partial charge in [-0.25, -0.2) is 0 Å². The molecular formula is C56H110O9. The molecule has 0 amide bonds. The van der Waals surface area contributed by atoms with Crippen LogP contribution in [0.3, 0.4) is 0 Å². The predicted octanol–water partition coefficient (Wildman–Crippen LogP) is 14.5. The molecule has 0 bridgehead atoms. The number of ether oxygens (including phenoxy) is 4. The van der Waals surface area contributed by atoms with Crippen LogP contribution in [0.2, 0.25) is 0 Å². The first kappa shape index (κ1) is 62.2. The Kier molecular flexibility index (Phi) is 46.1. The first-order valence-electron chi connectivity index (χ1n) is 28.6. The molecule has 1 heterocycles. The second kappa shape index (κ2) is 48.2. The van der Waals surface area contributed by atoms with Crippen molar-refractivity contribution in [2.75, 3.05) is 26.4 Å². The molecule has 65 heavy (non-hydrogen) atoms. The Morgan fingerprint density at radius 3 is 1.09 bits per heavy atom. The van der Waals surface area contributed by atoms with E-state index in [9.17, 15) is 25.2 Å². The molecule has 0 aliphatic carbocycles. The Labute approximate surface area is 402 Å². The lowest BCUT2D eigenvalue weighted by molar-refractivity contribution is -0.305. The van der Waals surface area contributed by atoms with Gasteiger partial charge in [0.15, 0.2) is 6.29 Å². The SMILES string of the molecule is CCCCCCCCCCCCCCCCCCCCCCCCOCC(COC1OC(CO)C(O)C(O)C1O)OC(=O)CCCCCCCCCCCCCCCCCCCCCC. The highest BCUT2D eigenvalue weighted by Gasteiger charge is 2.44. The summed E-state index contributed by atoms with van der Waals surface area (Å²) < 4.78 is 23.0. The molecule has 6 unspecified atom stereocenters. The van der Waals surface area contributed by atoms with Gasteiger partial charge in [0.25, 0.3) is 0 Å². The quantitative estimate of drug-likeness (QED) is 0.0347. The van der Waals surface area contributed by atoms with Crippen molar-refractivity contribution in [3.63, 3.8) is 0 Å². The van der Waals surface area contributed by atoms with E-state index in [4.69, 9.17) is 18.9 Å². The minimum absolute atomic E-state index is 0.104. The van der Waals surface area contributed by atoms with E-state index in [1.165, 1.54) is 238 Å². The molecule has 0 aromatic rings. The third-order valence-corrected chi connectivity index (χ3v) is 13.8. The van der Waals surface area contributed by atoms with Crippen LogP contribution < -0.4 is 0 Å². The maximum absolute atomic E-state index is 12.9. The van der Waals surface area contributed by atoms with Crippen LogP contribution in [0, 0.1) is 0 Å². The third-order valence-electron chi connectivity index (χ3n) is 13.8. The number of carbonyl (C=O) groups is 1. The fourth-order valence-corrected chi connectivity index (χ4v) is 9.32. The molecule has 9 nitrogen and oxygen atoms in total. The van der Waals surface area contributed by atoms with E-state index in [0.29, 0.717) is 13.0 Å². The van der Waals surface area contributed by atoms with E-state index in [0.717, 1.165) is 32.1 Å². The van der Waals surface area contributed by atoms with E-state index < -0.39 is 43.4 Å². The molecule has 0 saturated carbocycles. The maximum atomic E-state index is 12.9. The summed E-state index contributed by atoms with van der Waals surface area (Å²) in [5, 5.41) is 40.3. The standard InChI is InChI=1S/C56H110O9/c1-3-5-7-9-11-13-15-17-19-21-23-25-26-28-30-32-34-36-38-40-42-44-46-62-48-50(49-63-56-55(61)54(60)53(59)51(47-57)65-56)64-52(58)45-43-41-39-37-35-33-31-29-27-24-22-20-18-16-14-12-10-8-6-4-2/h50-51,53-57,59-61H,3-49H2,1-2H3. The first-order chi connectivity index (χ1) is 31.9. The predicted molar refractivity (Wildman–Crippen MR) is 270 cm³/mol. The lowest BCUT2D eigenvalue weighted by atomic mass is 9.99. The zero-order valence-electron chi connectivity index (χ0n) is 43.0. The number of unbranched alkanes of at least 4 members (excludes halogenated alkanes) is 40. The molecule has 9 heteroatoms. The smallest absolute Gasteiger partial charge is 0.306 e. The molecule has 6 atom stereocenters. The number of carbonyl (C=O) groups excluding carboxylic acids is 1. The Balaban J connectivity index is 2.13. The summed E-state index contributed by atoms with van der Waals surface area (Å²) >= 11 is 0. The summed E-state index contributed by atoms with van der Waals surface area (Å²) in [6.07, 6.45) is 48.6. The van der Waals surface area contributed by atoms with E-state index in [-0.39, 0.29) is 19.2 Å². The van der Waals surface area contributed by atoms with Gasteiger partial charge in [0, 0.05) is 13.0 Å². The fraction of sp³-hybridized carbons (Fsp3) is 0.982. The molecule has 1 aliphatic heterocycles. The molecule has 1 rings (SSSR count). The van der Waals surface area contributed by atoms with Gasteiger partial charge < -0.3 is 39.4 Å². The monoisotopic (exact) mass is 927 g/mol. The van der Waals surface area contributed by atoms with Crippen LogP contribution in [0.15, 0.2) is 0 Å². The van der Waals surface area contributed by atoms with Crippen molar-refractivity contribution < 1.29 is 44.2 Å². The van der Waals surface area contributed by atoms with Gasteiger partial charge in [-0.05, 0) is 12.8 Å². The number of aliphatic hydroxyl groups excluding tert-OH is 4. The fourth-order valence-electron chi connectivity index (χ4n) is 9.32. The summed E-state index contributed by atoms with van der Waals surface area (Å²) in [6, 6.07) is 0. The number of hydrogen-bond acceptors (Lipinski definition) is 9. The Hall–Kier alpha value is -0.810. The van der Waals surface area contributed by atoms with Crippen molar-refractivity contribution in [1.29, 1.82) is 0 Å². The van der Waals surface area contributed by atoms with Gasteiger partial charge in [-0.1, -0.05) is 271 Å². The van der Waals surface area contributed by atoms with Crippen molar-refractivity contribution in [2.45, 2.75) is 327 Å². The Morgan fingerprint density at radius 1 is 0.431 bits per heavy atom. The summed E-state index contributed by atoms with van der Waals surface area (Å²) in [5.41, 5.74) is 0. The van der Waals surface area contributed by atoms with Gasteiger partial charge in [0.05, 0.1) is 19.8 Å². The van der Waals surface area contributed by atoms with Crippen molar-refractivity contribution in [1.82, 2.24) is 0 Å². The number of aliphatic hydroxyl groups is 4. The lowest BCUT2D eigenvalue weighted by Gasteiger charge is -2.39. The minimum atomic E-state index is -1.53. The zero-order chi connectivity index (χ0) is 47.1. The molecule has 1 aliphatic rings. The van der Waals surface area contributed by atoms with E-state index in [2.05, 4.69) is 13.8 Å². The van der Waals surface area contributed by atoms with Crippen LogP contribution in [-0.4, -0.2) is 89.6 Å². The molecule has 0 radical (unpaired) electrons. The first-order valence-corrected chi connectivity index (χ1v) is 28.6. The Morgan fingerprint density at radius 2 is 0.754 bits per heavy atom. The lowest BCUT2D eigenvalue weighted by Crippen LogP contribution is -2.59. The Bertz CT molecular complexity index is 966. The third kappa shape index (κ3) is 38.7. The van der Waals surface area contributed by atoms with Gasteiger partial charge in [0.2, 0.25) is 0 Å². The van der Waals surface area contributed by atoms with Gasteiger partial charge >= 0.3 is 5.97 Å². The van der Waals surface area contributed by atoms with Crippen LogP contribution >= 0.6 is 0 Å². The number of rotatable bonds is 51. The zero-order valence-corrected chi connectivity index (χ0v) is 43.0. The molecule has 1 saturated heterocycles. The molecule has 388 valence electrons. The number of esters is 1. The second-order valence-corrected chi connectivity index (χ2v) is 20.1. The van der Waals surface area contributed by atoms with E-state index >= 15 is 0 Å². The van der Waals surface area contributed by atoms with Gasteiger partial charge in [-0.15, -0.1) is 0 Å². The maximum Gasteiger partial charge on any atom is 0.306 e. The van der Waals surface area contributed by atoms with Crippen molar-refractivity contribution in [2.24, 2.45) is 0 Å². The molecule has 0 spiro atoms. The van der Waals surface area contributed by atoms with Crippen LogP contribution in [0.5, 0.6) is 0 Å². The highest BCUT2D eigenvalue weighted by Crippen LogP contribution is 2.23. The largest absolute Gasteiger partial charge is 0.457 e. The average Bonchev–Trinajstić information content (AvgIpc) is 3.31. The van der Waals surface area contributed by atoms with Crippen LogP contribution in [0.4, 0.5) is 0 Å². The van der Waals surface area contributed by atoms with Crippen molar-refractivity contribution >= 4 is 5.97 Å². The molecular weight excluding hydrogens is 817 g/mol. The van der Waals surface area contributed by atoms with Gasteiger partial charge in [0.1, 0.15) is 30.5 Å². The average molecular weight is 927 g/mol. The van der Waals surface area contributed by atoms with Crippen LogP contribution in [-0.2, 0) is 23.7 Å². The highest BCUT2D eigenvalue weighted by molar-refractivity contribution is 5.69. The summed E-state index contributed by atoms with van der Waals surface area (Å²) in [6.45, 7) is 4.65. The highest BCUT2D eigenvalue weighted by atomic mass is 16.7. The van der Waals surface area contributed by atoms with Crippen LogP contribution in [0.25, 0.3) is 0 Å². The molecule has 0 aromatic carbocycles. The molecule has 4 N–H and O–H groups in total.